The molecule has 1 fully saturated rings. The molecule has 1 aliphatic heterocycles. The Hall–Kier alpha value is -3.69. The highest BCUT2D eigenvalue weighted by Crippen LogP contribution is 2.43. The van der Waals surface area contributed by atoms with Gasteiger partial charge in [0.2, 0.25) is 5.91 Å². The summed E-state index contributed by atoms with van der Waals surface area (Å²) in [4.78, 5) is 13.5. The predicted molar refractivity (Wildman–Crippen MR) is 137 cm³/mol. The molecule has 0 radical (unpaired) electrons. The average molecular weight is 566 g/mol. The lowest BCUT2D eigenvalue weighted by molar-refractivity contribution is -0.138. The summed E-state index contributed by atoms with van der Waals surface area (Å²) in [5, 5.41) is 2.94. The second-order valence-electron chi connectivity index (χ2n) is 9.98. The third-order valence-electron chi connectivity index (χ3n) is 7.23. The molecule has 214 valence electrons. The Labute approximate surface area is 228 Å². The summed E-state index contributed by atoms with van der Waals surface area (Å²) in [5.41, 5.74) is -0.843. The predicted octanol–water partition coefficient (Wildman–Crippen LogP) is 7.21. The van der Waals surface area contributed by atoms with E-state index in [1.54, 1.807) is 6.07 Å². The van der Waals surface area contributed by atoms with E-state index in [-0.39, 0.29) is 24.7 Å². The molecule has 0 aromatic heterocycles. The van der Waals surface area contributed by atoms with E-state index in [0.717, 1.165) is 29.8 Å². The van der Waals surface area contributed by atoms with Gasteiger partial charge in [-0.05, 0) is 79.3 Å². The minimum atomic E-state index is -4.50. The highest BCUT2D eigenvalue weighted by atomic mass is 19.4. The van der Waals surface area contributed by atoms with E-state index >= 15 is 0 Å². The lowest BCUT2D eigenvalue weighted by Crippen LogP contribution is -2.51. The molecule has 10 heteroatoms. The van der Waals surface area contributed by atoms with Crippen molar-refractivity contribution in [1.82, 2.24) is 5.32 Å². The number of ether oxygens (including phenoxy) is 2. The van der Waals surface area contributed by atoms with Gasteiger partial charge in [-0.2, -0.15) is 26.3 Å². The minimum absolute atomic E-state index is 0.100. The largest absolute Gasteiger partial charge is 0.493 e. The summed E-state index contributed by atoms with van der Waals surface area (Å²) in [6.07, 6.45) is -8.49. The van der Waals surface area contributed by atoms with Gasteiger partial charge >= 0.3 is 12.4 Å². The first-order valence-electron chi connectivity index (χ1n) is 12.8. The van der Waals surface area contributed by atoms with Crippen LogP contribution in [0.4, 0.5) is 26.3 Å². The Kier molecular flexibility index (Phi) is 8.37. The fourth-order valence-corrected chi connectivity index (χ4v) is 5.26. The lowest BCUT2D eigenvalue weighted by Gasteiger charge is -2.41. The number of rotatable bonds is 8. The van der Waals surface area contributed by atoms with Gasteiger partial charge in [-0.1, -0.05) is 30.3 Å². The Morgan fingerprint density at radius 2 is 1.35 bits per heavy atom. The molecule has 0 spiro atoms. The molecule has 3 aromatic carbocycles. The van der Waals surface area contributed by atoms with Gasteiger partial charge in [0.15, 0.2) is 11.5 Å². The van der Waals surface area contributed by atoms with Gasteiger partial charge in [0.1, 0.15) is 0 Å². The smallest absolute Gasteiger partial charge is 0.416 e. The number of hydrogen-bond acceptors (Lipinski definition) is 3. The van der Waals surface area contributed by atoms with Crippen LogP contribution in [0.25, 0.3) is 0 Å². The Morgan fingerprint density at radius 3 is 1.80 bits per heavy atom. The molecule has 1 aliphatic rings. The van der Waals surface area contributed by atoms with Gasteiger partial charge in [0.05, 0.1) is 30.3 Å². The van der Waals surface area contributed by atoms with Gasteiger partial charge in [-0.25, -0.2) is 0 Å². The normalized spacial score (nSPS) is 17.3. The molecule has 1 saturated heterocycles. The monoisotopic (exact) mass is 565 g/mol. The van der Waals surface area contributed by atoms with Crippen LogP contribution in [0.15, 0.2) is 66.7 Å². The van der Waals surface area contributed by atoms with Crippen molar-refractivity contribution < 1.29 is 40.6 Å². The summed E-state index contributed by atoms with van der Waals surface area (Å²) in [5.74, 6) is 0.593. The van der Waals surface area contributed by atoms with E-state index in [1.165, 1.54) is 31.4 Å². The van der Waals surface area contributed by atoms with Crippen LogP contribution in [0.3, 0.4) is 0 Å². The molecule has 1 amide bonds. The van der Waals surface area contributed by atoms with E-state index in [4.69, 9.17) is 9.47 Å². The number of carbonyl (C=O) groups excluding carboxylic acids is 1. The van der Waals surface area contributed by atoms with Crippen molar-refractivity contribution in [1.29, 1.82) is 0 Å². The number of benzene rings is 3. The van der Waals surface area contributed by atoms with Gasteiger partial charge < -0.3 is 14.8 Å². The van der Waals surface area contributed by atoms with Crippen molar-refractivity contribution in [2.45, 2.75) is 44.5 Å². The maximum Gasteiger partial charge on any atom is 0.416 e. The summed E-state index contributed by atoms with van der Waals surface area (Å²) < 4.78 is 89.9. The fourth-order valence-electron chi connectivity index (χ4n) is 5.26. The summed E-state index contributed by atoms with van der Waals surface area (Å²) in [6.45, 7) is 2.57. The molecule has 1 atom stereocenters. The first-order valence-corrected chi connectivity index (χ1v) is 12.8. The average Bonchev–Trinajstić information content (AvgIpc) is 2.90. The van der Waals surface area contributed by atoms with E-state index in [9.17, 15) is 31.1 Å². The number of halogens is 6. The van der Waals surface area contributed by atoms with Crippen LogP contribution in [-0.4, -0.2) is 26.2 Å². The van der Waals surface area contributed by atoms with Crippen LogP contribution in [-0.2, 0) is 30.0 Å². The maximum atomic E-state index is 13.5. The number of alkyl halides is 6. The van der Waals surface area contributed by atoms with E-state index < -0.39 is 28.9 Å². The quantitative estimate of drug-likeness (QED) is 0.294. The van der Waals surface area contributed by atoms with Crippen molar-refractivity contribution in [3.05, 3.63) is 94.5 Å². The number of carbonyl (C=O) groups is 1. The first kappa shape index (κ1) is 29.3. The number of hydrogen-bond donors (Lipinski definition) is 1. The second-order valence-corrected chi connectivity index (χ2v) is 9.98. The number of amides is 1. The molecule has 1 heterocycles. The van der Waals surface area contributed by atoms with Gasteiger partial charge in [0.25, 0.3) is 0 Å². The van der Waals surface area contributed by atoms with Crippen molar-refractivity contribution in [3.63, 3.8) is 0 Å². The highest BCUT2D eigenvalue weighted by molar-refractivity contribution is 5.84. The molecule has 40 heavy (non-hydrogen) atoms. The molecule has 4 rings (SSSR count). The Balaban J connectivity index is 1.71. The van der Waals surface area contributed by atoms with Gasteiger partial charge in [-0.3, -0.25) is 4.79 Å². The molecular formula is C30H29F6NO3. The molecule has 0 aliphatic carbocycles. The van der Waals surface area contributed by atoms with Crippen LogP contribution in [0.2, 0.25) is 0 Å². The first-order chi connectivity index (χ1) is 18.8. The van der Waals surface area contributed by atoms with Crippen molar-refractivity contribution >= 4 is 5.91 Å². The zero-order valence-electron chi connectivity index (χ0n) is 22.0. The zero-order chi connectivity index (χ0) is 29.1. The fraction of sp³-hybridized carbons (Fsp3) is 0.367. The topological polar surface area (TPSA) is 47.6 Å². The minimum Gasteiger partial charge on any atom is -0.493 e. The van der Waals surface area contributed by atoms with E-state index in [1.807, 2.05) is 19.1 Å². The van der Waals surface area contributed by atoms with Crippen LogP contribution in [0, 0.1) is 5.41 Å². The van der Waals surface area contributed by atoms with Crippen molar-refractivity contribution in [2.24, 2.45) is 5.41 Å². The number of piperidine rings is 1. The van der Waals surface area contributed by atoms with Crippen LogP contribution in [0.5, 0.6) is 11.5 Å². The zero-order valence-corrected chi connectivity index (χ0v) is 22.0. The maximum absolute atomic E-state index is 13.5. The lowest BCUT2D eigenvalue weighted by atomic mass is 9.67. The number of nitrogens with one attached hydrogen (secondary N) is 1. The summed E-state index contributed by atoms with van der Waals surface area (Å²) in [6, 6.07) is 14.7. The van der Waals surface area contributed by atoms with E-state index in [0.29, 0.717) is 42.2 Å². The Morgan fingerprint density at radius 1 is 0.825 bits per heavy atom. The van der Waals surface area contributed by atoms with Crippen LogP contribution < -0.4 is 14.8 Å². The highest BCUT2D eigenvalue weighted by Gasteiger charge is 2.44. The summed E-state index contributed by atoms with van der Waals surface area (Å²) in [7, 11) is 1.53. The second kappa shape index (κ2) is 11.4. The van der Waals surface area contributed by atoms with Crippen LogP contribution in [0.1, 0.15) is 47.1 Å². The van der Waals surface area contributed by atoms with Gasteiger partial charge in [-0.15, -0.1) is 0 Å². The molecule has 0 bridgehead atoms. The molecule has 3 aromatic rings. The molecule has 0 saturated carbocycles. The third-order valence-corrected chi connectivity index (χ3v) is 7.23. The third kappa shape index (κ3) is 6.54. The molecule has 1 N–H and O–H groups in total. The SMILES string of the molecule is CCOc1cc(C2CNC(=O)C(Cc3ccc(C(F)(F)F)cc3)(Cc3ccc(C(F)(F)F)cc3)C2)ccc1OC. The van der Waals surface area contributed by atoms with Gasteiger partial charge in [0, 0.05) is 12.5 Å². The van der Waals surface area contributed by atoms with E-state index in [2.05, 4.69) is 5.32 Å². The molecular weight excluding hydrogens is 536 g/mol. The standard InChI is InChI=1S/C30H29F6NO3/c1-3-40-26-14-21(8-13-25(26)39-2)22-17-28(27(38)37-18-22,15-19-4-9-23(10-5-19)29(31,32)33)16-20-6-11-24(12-7-20)30(34,35)36/h4-14,22H,3,15-18H2,1-2H3,(H,37,38). The summed E-state index contributed by atoms with van der Waals surface area (Å²) >= 11 is 0. The molecule has 4 nitrogen and oxygen atoms in total. The van der Waals surface area contributed by atoms with Crippen molar-refractivity contribution in [2.75, 3.05) is 20.3 Å². The molecule has 1 unspecified atom stereocenters. The van der Waals surface area contributed by atoms with Crippen molar-refractivity contribution in [3.8, 4) is 11.5 Å². The Bertz CT molecular complexity index is 1260. The number of methoxy groups -OCH3 is 1. The van der Waals surface area contributed by atoms with Crippen LogP contribution >= 0.6 is 0 Å².